The number of carbonyl (C=O) groups is 2. The van der Waals surface area contributed by atoms with Crippen LogP contribution in [0.1, 0.15) is 46.6 Å². The lowest BCUT2D eigenvalue weighted by molar-refractivity contribution is -0.143. The molecule has 0 spiro atoms. The summed E-state index contributed by atoms with van der Waals surface area (Å²) in [4.78, 5) is 27.7. The van der Waals surface area contributed by atoms with Crippen LogP contribution in [0.15, 0.2) is 48.7 Å². The van der Waals surface area contributed by atoms with Crippen LogP contribution in [0.2, 0.25) is 0 Å². The van der Waals surface area contributed by atoms with Gasteiger partial charge in [-0.15, -0.1) is 10.2 Å². The van der Waals surface area contributed by atoms with Gasteiger partial charge in [0.2, 0.25) is 11.0 Å². The van der Waals surface area contributed by atoms with Crippen molar-refractivity contribution in [3.63, 3.8) is 0 Å². The molecule has 1 fully saturated rings. The zero-order chi connectivity index (χ0) is 21.6. The van der Waals surface area contributed by atoms with Crippen LogP contribution in [-0.4, -0.2) is 38.3 Å². The van der Waals surface area contributed by atoms with Crippen LogP contribution in [-0.2, 0) is 11.2 Å². The zero-order valence-corrected chi connectivity index (χ0v) is 17.5. The normalized spacial score (nSPS) is 18.3. The van der Waals surface area contributed by atoms with Crippen molar-refractivity contribution in [3.8, 4) is 5.88 Å². The van der Waals surface area contributed by atoms with Crippen molar-refractivity contribution in [1.29, 1.82) is 0 Å². The monoisotopic (exact) mass is 438 g/mol. The molecule has 4 rings (SSSR count). The molecule has 0 aliphatic heterocycles. The highest BCUT2D eigenvalue weighted by Crippen LogP contribution is 2.27. The fourth-order valence-corrected chi connectivity index (χ4v) is 4.27. The van der Waals surface area contributed by atoms with Gasteiger partial charge in [0.15, 0.2) is 0 Å². The van der Waals surface area contributed by atoms with Crippen molar-refractivity contribution >= 4 is 28.3 Å². The number of ether oxygens (including phenoxy) is 1. The molecule has 3 aromatic rings. The topological polar surface area (TPSA) is 114 Å². The molecular formula is C22H22N4O4S. The maximum Gasteiger partial charge on any atom is 0.306 e. The van der Waals surface area contributed by atoms with Gasteiger partial charge in [-0.1, -0.05) is 41.7 Å². The van der Waals surface area contributed by atoms with Crippen molar-refractivity contribution in [2.75, 3.05) is 5.32 Å². The highest BCUT2D eigenvalue weighted by atomic mass is 32.1. The van der Waals surface area contributed by atoms with Gasteiger partial charge in [-0.05, 0) is 37.3 Å². The summed E-state index contributed by atoms with van der Waals surface area (Å²) in [5.74, 6) is -0.915. The molecule has 2 heterocycles. The summed E-state index contributed by atoms with van der Waals surface area (Å²) < 4.78 is 5.84. The molecule has 1 aliphatic carbocycles. The molecule has 8 nitrogen and oxygen atoms in total. The van der Waals surface area contributed by atoms with Gasteiger partial charge in [-0.25, -0.2) is 4.98 Å². The molecule has 2 aromatic heterocycles. The second kappa shape index (κ2) is 9.65. The Morgan fingerprint density at radius 3 is 2.52 bits per heavy atom. The smallest absolute Gasteiger partial charge is 0.306 e. The van der Waals surface area contributed by atoms with E-state index in [0.29, 0.717) is 48.7 Å². The Labute approximate surface area is 183 Å². The molecule has 0 unspecified atom stereocenters. The summed E-state index contributed by atoms with van der Waals surface area (Å²) in [6, 6.07) is 13.2. The Bertz CT molecular complexity index is 1030. The molecular weight excluding hydrogens is 416 g/mol. The number of nitrogens with one attached hydrogen (secondary N) is 1. The first-order valence-electron chi connectivity index (χ1n) is 10.1. The number of carbonyl (C=O) groups excluding carboxylic acids is 1. The minimum absolute atomic E-state index is 0.0489. The molecule has 1 aliphatic rings. The Balaban J connectivity index is 1.29. The van der Waals surface area contributed by atoms with Crippen molar-refractivity contribution in [3.05, 3.63) is 64.8 Å². The van der Waals surface area contributed by atoms with Gasteiger partial charge in [-0.3, -0.25) is 14.9 Å². The predicted molar refractivity (Wildman–Crippen MR) is 115 cm³/mol. The number of rotatable bonds is 7. The number of carboxylic acids is 1. The first kappa shape index (κ1) is 20.9. The van der Waals surface area contributed by atoms with Gasteiger partial charge in [0.1, 0.15) is 11.1 Å². The van der Waals surface area contributed by atoms with Crippen LogP contribution < -0.4 is 10.1 Å². The lowest BCUT2D eigenvalue weighted by Crippen LogP contribution is -2.28. The third-order valence-corrected chi connectivity index (χ3v) is 6.03. The van der Waals surface area contributed by atoms with Crippen molar-refractivity contribution in [2.24, 2.45) is 5.92 Å². The van der Waals surface area contributed by atoms with Crippen LogP contribution in [0.3, 0.4) is 0 Å². The van der Waals surface area contributed by atoms with E-state index in [0.717, 1.165) is 10.6 Å². The molecule has 1 saturated carbocycles. The van der Waals surface area contributed by atoms with E-state index >= 15 is 0 Å². The maximum absolute atomic E-state index is 12.5. The fraction of sp³-hybridized carbons (Fsp3) is 0.318. The van der Waals surface area contributed by atoms with E-state index in [1.807, 2.05) is 30.3 Å². The predicted octanol–water partition coefficient (Wildman–Crippen LogP) is 3.80. The fourth-order valence-electron chi connectivity index (χ4n) is 3.50. The highest BCUT2D eigenvalue weighted by molar-refractivity contribution is 7.15. The molecule has 1 amide bonds. The number of aliphatic carboxylic acids is 1. The highest BCUT2D eigenvalue weighted by Gasteiger charge is 2.27. The molecule has 0 radical (unpaired) electrons. The molecule has 2 N–H and O–H groups in total. The summed E-state index contributed by atoms with van der Waals surface area (Å²) in [6.07, 6.45) is 4.65. The molecule has 9 heteroatoms. The first-order chi connectivity index (χ1) is 15.1. The second-order valence-electron chi connectivity index (χ2n) is 7.43. The van der Waals surface area contributed by atoms with Crippen LogP contribution in [0.4, 0.5) is 5.13 Å². The van der Waals surface area contributed by atoms with Crippen molar-refractivity contribution in [2.45, 2.75) is 38.2 Å². The molecule has 31 heavy (non-hydrogen) atoms. The average molecular weight is 439 g/mol. The standard InChI is InChI=1S/C22H22N4O4S/c27-20(24-22-26-25-19(31-22)12-14-4-2-1-3-5-14)16-8-11-18(23-13-16)30-17-9-6-15(7-10-17)21(28)29/h1-5,8,11,13,15,17H,6-7,9-10,12H2,(H,28,29)(H,24,26,27). The molecule has 0 atom stereocenters. The van der Waals surface area contributed by atoms with Crippen LogP contribution in [0.25, 0.3) is 0 Å². The van der Waals surface area contributed by atoms with Crippen molar-refractivity contribution < 1.29 is 19.4 Å². The Morgan fingerprint density at radius 2 is 1.84 bits per heavy atom. The molecule has 1 aromatic carbocycles. The van der Waals surface area contributed by atoms with Gasteiger partial charge in [0.05, 0.1) is 11.5 Å². The third-order valence-electron chi connectivity index (χ3n) is 5.19. The Hall–Kier alpha value is -3.33. The number of anilines is 1. The number of hydrogen-bond donors (Lipinski definition) is 2. The Kier molecular flexibility index (Phi) is 6.51. The third kappa shape index (κ3) is 5.64. The number of benzene rings is 1. The van der Waals surface area contributed by atoms with E-state index in [4.69, 9.17) is 9.84 Å². The number of carboxylic acid groups (broad SMARTS) is 1. The van der Waals surface area contributed by atoms with Crippen LogP contribution in [0.5, 0.6) is 5.88 Å². The van der Waals surface area contributed by atoms with Gasteiger partial charge >= 0.3 is 5.97 Å². The molecule has 0 bridgehead atoms. The van der Waals surface area contributed by atoms with E-state index in [-0.39, 0.29) is 17.9 Å². The van der Waals surface area contributed by atoms with Gasteiger partial charge < -0.3 is 9.84 Å². The lowest BCUT2D eigenvalue weighted by Gasteiger charge is -2.26. The number of hydrogen-bond acceptors (Lipinski definition) is 7. The van der Waals surface area contributed by atoms with Gasteiger partial charge in [0.25, 0.3) is 5.91 Å². The van der Waals surface area contributed by atoms with Crippen LogP contribution in [0, 0.1) is 5.92 Å². The average Bonchev–Trinajstić information content (AvgIpc) is 3.22. The number of pyridine rings is 1. The largest absolute Gasteiger partial charge is 0.481 e. The summed E-state index contributed by atoms with van der Waals surface area (Å²) in [5, 5.41) is 21.3. The summed E-state index contributed by atoms with van der Waals surface area (Å²) in [5.41, 5.74) is 1.52. The van der Waals surface area contributed by atoms with E-state index in [9.17, 15) is 9.59 Å². The number of nitrogens with zero attached hydrogens (tertiary/aromatic N) is 3. The lowest BCUT2D eigenvalue weighted by atomic mass is 9.87. The first-order valence-corrected chi connectivity index (χ1v) is 10.9. The second-order valence-corrected chi connectivity index (χ2v) is 8.49. The summed E-state index contributed by atoms with van der Waals surface area (Å²) in [7, 11) is 0. The summed E-state index contributed by atoms with van der Waals surface area (Å²) in [6.45, 7) is 0. The minimum atomic E-state index is -0.741. The minimum Gasteiger partial charge on any atom is -0.481 e. The number of aromatic nitrogens is 3. The van der Waals surface area contributed by atoms with E-state index in [1.165, 1.54) is 17.5 Å². The number of amides is 1. The molecule has 0 saturated heterocycles. The van der Waals surface area contributed by atoms with Gasteiger partial charge in [-0.2, -0.15) is 0 Å². The van der Waals surface area contributed by atoms with E-state index in [1.54, 1.807) is 12.1 Å². The summed E-state index contributed by atoms with van der Waals surface area (Å²) >= 11 is 1.34. The van der Waals surface area contributed by atoms with E-state index in [2.05, 4.69) is 20.5 Å². The van der Waals surface area contributed by atoms with E-state index < -0.39 is 5.97 Å². The zero-order valence-electron chi connectivity index (χ0n) is 16.7. The Morgan fingerprint density at radius 1 is 1.06 bits per heavy atom. The van der Waals surface area contributed by atoms with Gasteiger partial charge in [0, 0.05) is 18.7 Å². The SMILES string of the molecule is O=C(Nc1nnc(Cc2ccccc2)s1)c1ccc(OC2CCC(C(=O)O)CC2)nc1. The maximum atomic E-state index is 12.5. The molecule has 160 valence electrons. The van der Waals surface area contributed by atoms with Crippen molar-refractivity contribution in [1.82, 2.24) is 15.2 Å². The van der Waals surface area contributed by atoms with Crippen LogP contribution >= 0.6 is 11.3 Å². The quantitative estimate of drug-likeness (QED) is 0.577.